The molecular formula is C10H17F3N2O3. The number of unbranched alkanes of at least 4 members (excludes halogenated alkanes) is 1. The molecule has 18 heavy (non-hydrogen) atoms. The Labute approximate surface area is 103 Å². The lowest BCUT2D eigenvalue weighted by Crippen LogP contribution is -2.39. The number of nitrogens with two attached hydrogens (primary N) is 1. The second-order valence-corrected chi connectivity index (χ2v) is 3.85. The molecule has 1 amide bonds. The highest BCUT2D eigenvalue weighted by Crippen LogP contribution is 2.17. The summed E-state index contributed by atoms with van der Waals surface area (Å²) in [7, 11) is 2.29. The van der Waals surface area contributed by atoms with Gasteiger partial charge in [-0.05, 0) is 19.3 Å². The van der Waals surface area contributed by atoms with E-state index in [1.54, 1.807) is 0 Å². The number of hydrogen-bond acceptors (Lipinski definition) is 4. The molecule has 0 radical (unpaired) electrons. The van der Waals surface area contributed by atoms with Gasteiger partial charge in [-0.3, -0.25) is 9.59 Å². The standard InChI is InChI=1S/C10H17F3N2O3/c1-15(9(17)10(11,12)13)6-4-3-5-7(14)8(16)18-2/h7H,3-6,14H2,1-2H3/t7-/m0/s1. The molecule has 0 aromatic carbocycles. The van der Waals surface area contributed by atoms with Crippen LogP contribution in [0, 0.1) is 0 Å². The van der Waals surface area contributed by atoms with Crippen molar-refractivity contribution in [2.75, 3.05) is 20.7 Å². The smallest absolute Gasteiger partial charge is 0.468 e. The average Bonchev–Trinajstić information content (AvgIpc) is 2.30. The number of ether oxygens (including phenoxy) is 1. The fraction of sp³-hybridized carbons (Fsp3) is 0.800. The number of amides is 1. The minimum atomic E-state index is -4.85. The zero-order chi connectivity index (χ0) is 14.3. The number of halogens is 3. The van der Waals surface area contributed by atoms with Gasteiger partial charge in [0.15, 0.2) is 0 Å². The maximum Gasteiger partial charge on any atom is 0.471 e. The van der Waals surface area contributed by atoms with Crippen molar-refractivity contribution in [1.82, 2.24) is 4.90 Å². The first-order chi connectivity index (χ1) is 8.20. The van der Waals surface area contributed by atoms with Crippen LogP contribution in [0.15, 0.2) is 0 Å². The zero-order valence-electron chi connectivity index (χ0n) is 10.3. The van der Waals surface area contributed by atoms with Gasteiger partial charge in [-0.2, -0.15) is 13.2 Å². The van der Waals surface area contributed by atoms with Crippen LogP contribution < -0.4 is 5.73 Å². The third kappa shape index (κ3) is 5.85. The van der Waals surface area contributed by atoms with Crippen LogP contribution in [0.1, 0.15) is 19.3 Å². The van der Waals surface area contributed by atoms with Crippen molar-refractivity contribution >= 4 is 11.9 Å². The summed E-state index contributed by atoms with van der Waals surface area (Å²) in [6.45, 7) is -0.0355. The van der Waals surface area contributed by atoms with Crippen LogP contribution in [0.4, 0.5) is 13.2 Å². The summed E-state index contributed by atoms with van der Waals surface area (Å²) in [5.74, 6) is -2.44. The van der Waals surface area contributed by atoms with Crippen molar-refractivity contribution < 1.29 is 27.5 Å². The molecule has 0 rings (SSSR count). The van der Waals surface area contributed by atoms with Crippen LogP contribution in [0.3, 0.4) is 0 Å². The topological polar surface area (TPSA) is 72.6 Å². The number of carbonyl (C=O) groups is 2. The van der Waals surface area contributed by atoms with Crippen molar-refractivity contribution in [1.29, 1.82) is 0 Å². The molecule has 8 heteroatoms. The number of nitrogens with zero attached hydrogens (tertiary/aromatic N) is 1. The molecule has 0 heterocycles. The summed E-state index contributed by atoms with van der Waals surface area (Å²) in [5, 5.41) is 0. The van der Waals surface area contributed by atoms with E-state index in [-0.39, 0.29) is 6.54 Å². The number of carbonyl (C=O) groups excluding carboxylic acids is 2. The highest BCUT2D eigenvalue weighted by atomic mass is 19.4. The Hall–Kier alpha value is -1.31. The summed E-state index contributed by atoms with van der Waals surface area (Å²) in [6.07, 6.45) is -3.77. The molecule has 5 nitrogen and oxygen atoms in total. The van der Waals surface area contributed by atoms with Gasteiger partial charge in [-0.15, -0.1) is 0 Å². The molecule has 0 aromatic heterocycles. The molecule has 2 N–H and O–H groups in total. The lowest BCUT2D eigenvalue weighted by atomic mass is 10.1. The van der Waals surface area contributed by atoms with Crippen LogP contribution >= 0.6 is 0 Å². The monoisotopic (exact) mass is 270 g/mol. The number of rotatable bonds is 6. The molecule has 106 valence electrons. The zero-order valence-corrected chi connectivity index (χ0v) is 10.3. The van der Waals surface area contributed by atoms with Gasteiger partial charge in [0.05, 0.1) is 7.11 Å². The Kier molecular flexibility index (Phi) is 6.67. The highest BCUT2D eigenvalue weighted by Gasteiger charge is 2.40. The molecular weight excluding hydrogens is 253 g/mol. The highest BCUT2D eigenvalue weighted by molar-refractivity contribution is 5.81. The molecule has 0 aliphatic rings. The molecule has 0 aliphatic carbocycles. The lowest BCUT2D eigenvalue weighted by molar-refractivity contribution is -0.184. The van der Waals surface area contributed by atoms with Crippen molar-refractivity contribution in [2.24, 2.45) is 5.73 Å². The SMILES string of the molecule is COC(=O)[C@@H](N)CCCCN(C)C(=O)C(F)(F)F. The fourth-order valence-corrected chi connectivity index (χ4v) is 1.30. The van der Waals surface area contributed by atoms with E-state index in [9.17, 15) is 22.8 Å². The molecule has 0 spiro atoms. The van der Waals surface area contributed by atoms with E-state index in [2.05, 4.69) is 4.74 Å². The van der Waals surface area contributed by atoms with E-state index in [0.29, 0.717) is 24.2 Å². The Morgan fingerprint density at radius 3 is 2.33 bits per heavy atom. The molecule has 0 unspecified atom stereocenters. The van der Waals surface area contributed by atoms with E-state index >= 15 is 0 Å². The van der Waals surface area contributed by atoms with Gasteiger partial charge < -0.3 is 15.4 Å². The number of hydrogen-bond donors (Lipinski definition) is 1. The summed E-state index contributed by atoms with van der Waals surface area (Å²) in [4.78, 5) is 22.3. The predicted molar refractivity (Wildman–Crippen MR) is 57.5 cm³/mol. The van der Waals surface area contributed by atoms with Gasteiger partial charge in [-0.1, -0.05) is 0 Å². The lowest BCUT2D eigenvalue weighted by Gasteiger charge is -2.18. The average molecular weight is 270 g/mol. The van der Waals surface area contributed by atoms with Gasteiger partial charge >= 0.3 is 18.1 Å². The summed E-state index contributed by atoms with van der Waals surface area (Å²) < 4.78 is 40.4. The van der Waals surface area contributed by atoms with E-state index in [4.69, 9.17) is 5.73 Å². The summed E-state index contributed by atoms with van der Waals surface area (Å²) in [6, 6.07) is -0.779. The van der Waals surface area contributed by atoms with Crippen LogP contribution in [-0.2, 0) is 14.3 Å². The van der Waals surface area contributed by atoms with Gasteiger partial charge in [0.1, 0.15) is 6.04 Å². The van der Waals surface area contributed by atoms with Gasteiger partial charge in [0.2, 0.25) is 0 Å². The number of methoxy groups -OCH3 is 1. The van der Waals surface area contributed by atoms with Crippen molar-refractivity contribution in [3.05, 3.63) is 0 Å². The largest absolute Gasteiger partial charge is 0.471 e. The Bertz CT molecular complexity index is 295. The first kappa shape index (κ1) is 16.7. The normalized spacial score (nSPS) is 13.0. The Balaban J connectivity index is 3.86. The second kappa shape index (κ2) is 7.20. The van der Waals surface area contributed by atoms with E-state index in [1.165, 1.54) is 7.11 Å². The van der Waals surface area contributed by atoms with Crippen molar-refractivity contribution in [3.63, 3.8) is 0 Å². The quantitative estimate of drug-likeness (QED) is 0.569. The number of esters is 1. The van der Waals surface area contributed by atoms with E-state index in [1.807, 2.05) is 0 Å². The van der Waals surface area contributed by atoms with Gasteiger partial charge in [0.25, 0.3) is 0 Å². The molecule has 0 fully saturated rings. The molecule has 1 atom stereocenters. The van der Waals surface area contributed by atoms with Gasteiger partial charge in [-0.25, -0.2) is 0 Å². The van der Waals surface area contributed by atoms with E-state index in [0.717, 1.165) is 7.05 Å². The van der Waals surface area contributed by atoms with E-state index < -0.39 is 24.1 Å². The van der Waals surface area contributed by atoms with Gasteiger partial charge in [0, 0.05) is 13.6 Å². The third-order valence-corrected chi connectivity index (χ3v) is 2.35. The summed E-state index contributed by atoms with van der Waals surface area (Å²) >= 11 is 0. The van der Waals surface area contributed by atoms with Crippen molar-refractivity contribution in [3.8, 4) is 0 Å². The second-order valence-electron chi connectivity index (χ2n) is 3.85. The third-order valence-electron chi connectivity index (χ3n) is 2.35. The minimum absolute atomic E-state index is 0.0355. The Morgan fingerprint density at radius 1 is 1.33 bits per heavy atom. The summed E-state index contributed by atoms with van der Waals surface area (Å²) in [5.41, 5.74) is 5.44. The number of alkyl halides is 3. The van der Waals surface area contributed by atoms with Crippen LogP contribution in [0.2, 0.25) is 0 Å². The maximum absolute atomic E-state index is 12.0. The van der Waals surface area contributed by atoms with Crippen LogP contribution in [-0.4, -0.2) is 49.7 Å². The molecule has 0 saturated carbocycles. The fourth-order valence-electron chi connectivity index (χ4n) is 1.30. The maximum atomic E-state index is 12.0. The van der Waals surface area contributed by atoms with Crippen LogP contribution in [0.25, 0.3) is 0 Å². The molecule has 0 bridgehead atoms. The predicted octanol–water partition coefficient (Wildman–Crippen LogP) is 0.678. The molecule has 0 aromatic rings. The molecule has 0 aliphatic heterocycles. The first-order valence-electron chi connectivity index (χ1n) is 5.35. The first-order valence-corrected chi connectivity index (χ1v) is 5.35. The minimum Gasteiger partial charge on any atom is -0.468 e. The van der Waals surface area contributed by atoms with Crippen LogP contribution in [0.5, 0.6) is 0 Å². The van der Waals surface area contributed by atoms with Crippen molar-refractivity contribution in [2.45, 2.75) is 31.5 Å². The Morgan fingerprint density at radius 2 is 1.89 bits per heavy atom. The molecule has 0 saturated heterocycles.